The Hall–Kier alpha value is -1.76. The van der Waals surface area contributed by atoms with Crippen molar-refractivity contribution in [1.29, 1.82) is 0 Å². The number of alkyl halides is 3. The fourth-order valence-corrected chi connectivity index (χ4v) is 1.65. The van der Waals surface area contributed by atoms with E-state index in [1.807, 2.05) is 6.92 Å². The van der Waals surface area contributed by atoms with Gasteiger partial charge in [0.1, 0.15) is 0 Å². The van der Waals surface area contributed by atoms with Crippen molar-refractivity contribution in [1.82, 2.24) is 0 Å². The number of hydrogen-bond acceptors (Lipinski definition) is 3. The zero-order chi connectivity index (χ0) is 16.0. The smallest absolute Gasteiger partial charge is 0.383 e. The van der Waals surface area contributed by atoms with E-state index < -0.39 is 23.7 Å². The number of anilines is 2. The van der Waals surface area contributed by atoms with Crippen molar-refractivity contribution in [2.24, 2.45) is 5.73 Å². The molecule has 0 fully saturated rings. The van der Waals surface area contributed by atoms with E-state index in [0.29, 0.717) is 18.7 Å². The van der Waals surface area contributed by atoms with Crippen LogP contribution in [0, 0.1) is 0 Å². The number of halogens is 3. The third-order valence-corrected chi connectivity index (χ3v) is 2.95. The van der Waals surface area contributed by atoms with Gasteiger partial charge in [-0.15, -0.1) is 0 Å². The Balaban J connectivity index is 3.07. The standard InChI is InChI=1S/C14H20F3N3O/c1-3-7-19-11-6-5-9(14(15,16)17)8-12(11)20-13(21)10(18)4-2/h5-6,8,10,19H,3-4,7,18H2,1-2H3,(H,20,21)/t10-/m0/s1. The van der Waals surface area contributed by atoms with E-state index in [2.05, 4.69) is 10.6 Å². The third-order valence-electron chi connectivity index (χ3n) is 2.95. The van der Waals surface area contributed by atoms with E-state index in [4.69, 9.17) is 5.73 Å². The van der Waals surface area contributed by atoms with Crippen molar-refractivity contribution in [3.05, 3.63) is 23.8 Å². The number of rotatable bonds is 6. The highest BCUT2D eigenvalue weighted by atomic mass is 19.4. The van der Waals surface area contributed by atoms with Crippen molar-refractivity contribution in [3.8, 4) is 0 Å². The van der Waals surface area contributed by atoms with Crippen LogP contribution in [0.5, 0.6) is 0 Å². The van der Waals surface area contributed by atoms with Gasteiger partial charge in [-0.05, 0) is 31.0 Å². The van der Waals surface area contributed by atoms with E-state index in [1.54, 1.807) is 6.92 Å². The molecule has 1 rings (SSSR count). The Morgan fingerprint density at radius 2 is 1.95 bits per heavy atom. The summed E-state index contributed by atoms with van der Waals surface area (Å²) in [7, 11) is 0. The second-order valence-electron chi connectivity index (χ2n) is 4.69. The van der Waals surface area contributed by atoms with Gasteiger partial charge >= 0.3 is 6.18 Å². The number of nitrogens with one attached hydrogen (secondary N) is 2. The van der Waals surface area contributed by atoms with Crippen LogP contribution < -0.4 is 16.4 Å². The Morgan fingerprint density at radius 1 is 1.29 bits per heavy atom. The lowest BCUT2D eigenvalue weighted by Gasteiger charge is -2.17. The first kappa shape index (κ1) is 17.3. The molecule has 1 amide bonds. The van der Waals surface area contributed by atoms with Crippen LogP contribution in [0.4, 0.5) is 24.5 Å². The average Bonchev–Trinajstić information content (AvgIpc) is 2.43. The van der Waals surface area contributed by atoms with E-state index in [9.17, 15) is 18.0 Å². The van der Waals surface area contributed by atoms with Crippen molar-refractivity contribution in [3.63, 3.8) is 0 Å². The summed E-state index contributed by atoms with van der Waals surface area (Å²) in [5, 5.41) is 5.44. The number of carbonyl (C=O) groups is 1. The summed E-state index contributed by atoms with van der Waals surface area (Å²) in [4.78, 5) is 11.8. The van der Waals surface area contributed by atoms with Gasteiger partial charge in [-0.1, -0.05) is 13.8 Å². The number of benzene rings is 1. The van der Waals surface area contributed by atoms with Crippen molar-refractivity contribution in [2.45, 2.75) is 38.9 Å². The molecule has 0 aliphatic heterocycles. The van der Waals surface area contributed by atoms with Gasteiger partial charge in [0.05, 0.1) is 23.0 Å². The van der Waals surface area contributed by atoms with Gasteiger partial charge in [-0.25, -0.2) is 0 Å². The highest BCUT2D eigenvalue weighted by molar-refractivity contribution is 5.97. The van der Waals surface area contributed by atoms with Gasteiger partial charge in [-0.2, -0.15) is 13.2 Å². The molecule has 0 aromatic heterocycles. The summed E-state index contributed by atoms with van der Waals surface area (Å²) < 4.78 is 38.3. The summed E-state index contributed by atoms with van der Waals surface area (Å²) in [5.41, 5.74) is 5.30. The molecular weight excluding hydrogens is 283 g/mol. The van der Waals surface area contributed by atoms with Gasteiger partial charge in [-0.3, -0.25) is 4.79 Å². The zero-order valence-electron chi connectivity index (χ0n) is 12.1. The minimum absolute atomic E-state index is 0.0900. The lowest BCUT2D eigenvalue weighted by Crippen LogP contribution is -2.35. The Bertz CT molecular complexity index is 489. The minimum atomic E-state index is -4.46. The zero-order valence-corrected chi connectivity index (χ0v) is 12.1. The molecule has 118 valence electrons. The maximum atomic E-state index is 12.8. The first-order valence-electron chi connectivity index (χ1n) is 6.81. The summed E-state index contributed by atoms with van der Waals surface area (Å²) in [6.45, 7) is 4.25. The molecule has 4 nitrogen and oxygen atoms in total. The molecule has 1 atom stereocenters. The molecule has 4 N–H and O–H groups in total. The summed E-state index contributed by atoms with van der Waals surface area (Å²) >= 11 is 0. The maximum absolute atomic E-state index is 12.8. The minimum Gasteiger partial charge on any atom is -0.383 e. The predicted octanol–water partition coefficient (Wildman–Crippen LogP) is 3.20. The lowest BCUT2D eigenvalue weighted by atomic mass is 10.1. The fourth-order valence-electron chi connectivity index (χ4n) is 1.65. The SMILES string of the molecule is CCCNc1ccc(C(F)(F)F)cc1NC(=O)[C@@H](N)CC. The molecule has 0 heterocycles. The average molecular weight is 303 g/mol. The molecule has 0 aliphatic rings. The van der Waals surface area contributed by atoms with Gasteiger partial charge in [0.15, 0.2) is 0 Å². The number of carbonyl (C=O) groups excluding carboxylic acids is 1. The highest BCUT2D eigenvalue weighted by Crippen LogP contribution is 2.34. The topological polar surface area (TPSA) is 67.1 Å². The van der Waals surface area contributed by atoms with Crippen LogP contribution in [0.15, 0.2) is 18.2 Å². The van der Waals surface area contributed by atoms with E-state index >= 15 is 0 Å². The quantitative estimate of drug-likeness (QED) is 0.756. The summed E-state index contributed by atoms with van der Waals surface area (Å²) in [5.74, 6) is -0.503. The molecule has 1 aromatic rings. The molecule has 0 spiro atoms. The van der Waals surface area contributed by atoms with Gasteiger partial charge in [0.25, 0.3) is 0 Å². The molecule has 0 bridgehead atoms. The molecule has 21 heavy (non-hydrogen) atoms. The summed E-state index contributed by atoms with van der Waals surface area (Å²) in [6, 6.07) is 2.45. The molecule has 0 aliphatic carbocycles. The Morgan fingerprint density at radius 3 is 2.48 bits per heavy atom. The number of nitrogens with two attached hydrogens (primary N) is 1. The van der Waals surface area contributed by atoms with Crippen molar-refractivity contribution >= 4 is 17.3 Å². The molecule has 1 aromatic carbocycles. The van der Waals surface area contributed by atoms with Crippen LogP contribution in [-0.2, 0) is 11.0 Å². The van der Waals surface area contributed by atoms with Crippen LogP contribution in [0.25, 0.3) is 0 Å². The second kappa shape index (κ2) is 7.31. The molecule has 0 saturated carbocycles. The molecular formula is C14H20F3N3O. The van der Waals surface area contributed by atoms with Crippen LogP contribution in [0.2, 0.25) is 0 Å². The predicted molar refractivity (Wildman–Crippen MR) is 77.1 cm³/mol. The largest absolute Gasteiger partial charge is 0.416 e. The Labute approximate surface area is 121 Å². The van der Waals surface area contributed by atoms with Crippen LogP contribution in [0.3, 0.4) is 0 Å². The molecule has 0 unspecified atom stereocenters. The van der Waals surface area contributed by atoms with Gasteiger partial charge in [0, 0.05) is 6.54 Å². The normalized spacial score (nSPS) is 12.9. The second-order valence-corrected chi connectivity index (χ2v) is 4.69. The van der Waals surface area contributed by atoms with Crippen LogP contribution in [0.1, 0.15) is 32.3 Å². The van der Waals surface area contributed by atoms with Gasteiger partial charge < -0.3 is 16.4 Å². The van der Waals surface area contributed by atoms with Gasteiger partial charge in [0.2, 0.25) is 5.91 Å². The van der Waals surface area contributed by atoms with E-state index in [1.165, 1.54) is 6.07 Å². The number of amides is 1. The monoisotopic (exact) mass is 303 g/mol. The lowest BCUT2D eigenvalue weighted by molar-refractivity contribution is -0.137. The van der Waals surface area contributed by atoms with Crippen LogP contribution >= 0.6 is 0 Å². The maximum Gasteiger partial charge on any atom is 0.416 e. The first-order chi connectivity index (χ1) is 9.79. The first-order valence-corrected chi connectivity index (χ1v) is 6.81. The third kappa shape index (κ3) is 4.93. The van der Waals surface area contributed by atoms with Crippen molar-refractivity contribution < 1.29 is 18.0 Å². The van der Waals surface area contributed by atoms with Crippen LogP contribution in [-0.4, -0.2) is 18.5 Å². The Kier molecular flexibility index (Phi) is 6.02. The molecule has 0 saturated heterocycles. The van der Waals surface area contributed by atoms with E-state index in [0.717, 1.165) is 18.6 Å². The number of hydrogen-bond donors (Lipinski definition) is 3. The van der Waals surface area contributed by atoms with E-state index in [-0.39, 0.29) is 5.69 Å². The highest BCUT2D eigenvalue weighted by Gasteiger charge is 2.31. The molecule has 0 radical (unpaired) electrons. The van der Waals surface area contributed by atoms with Crippen molar-refractivity contribution in [2.75, 3.05) is 17.2 Å². The molecule has 7 heteroatoms. The fraction of sp³-hybridized carbons (Fsp3) is 0.500. The summed E-state index contributed by atoms with van der Waals surface area (Å²) in [6.07, 6.45) is -3.25.